The highest BCUT2D eigenvalue weighted by Gasteiger charge is 2.16. The minimum Gasteiger partial charge on any atom is -0.453 e. The van der Waals surface area contributed by atoms with Gasteiger partial charge in [-0.1, -0.05) is 20.8 Å². The number of likely N-dealkylation sites (N-methyl/N-ethyl adjacent to an activating group) is 1. The molecule has 1 aromatic carbocycles. The number of methoxy groups -OCH3 is 1. The average molecular weight is 412 g/mol. The number of amides is 1. The average Bonchev–Trinajstić information content (AvgIpc) is 2.69. The topological polar surface area (TPSA) is 109 Å². The Kier molecular flexibility index (Phi) is 11.0. The van der Waals surface area contributed by atoms with Gasteiger partial charge in [-0.15, -0.1) is 11.8 Å². The number of benzene rings is 1. The fourth-order valence-corrected chi connectivity index (χ4v) is 3.10. The molecular weight excluding hydrogens is 382 g/mol. The first-order valence-electron chi connectivity index (χ1n) is 9.26. The summed E-state index contributed by atoms with van der Waals surface area (Å²) in [6.45, 7) is 9.23. The number of rotatable bonds is 10. The van der Waals surface area contributed by atoms with Crippen LogP contribution in [0.4, 0.5) is 16.2 Å². The van der Waals surface area contributed by atoms with Crippen molar-refractivity contribution in [1.82, 2.24) is 15.5 Å². The third-order valence-electron chi connectivity index (χ3n) is 3.87. The summed E-state index contributed by atoms with van der Waals surface area (Å²) in [6.07, 6.45) is 0.272. The number of thioether (sulfide) groups is 1. The molecule has 0 aliphatic heterocycles. The monoisotopic (exact) mass is 411 g/mol. The van der Waals surface area contributed by atoms with Gasteiger partial charge in [-0.25, -0.2) is 9.79 Å². The van der Waals surface area contributed by atoms with Crippen molar-refractivity contribution in [2.45, 2.75) is 32.1 Å². The number of carbonyl (C=O) groups excluding carboxylic acids is 1. The van der Waals surface area contributed by atoms with E-state index in [4.69, 9.17) is 0 Å². The maximum Gasteiger partial charge on any atom is 0.413 e. The molecule has 0 fully saturated rings. The van der Waals surface area contributed by atoms with E-state index in [2.05, 4.69) is 46.0 Å². The SMILES string of the molecule is CCCSc1ccc(/N=C(/NCCN(CC)CC)NC(=O)OC)c([N+](=O)[O-])c1. The van der Waals surface area contributed by atoms with Crippen molar-refractivity contribution in [3.63, 3.8) is 0 Å². The van der Waals surface area contributed by atoms with E-state index < -0.39 is 11.0 Å². The van der Waals surface area contributed by atoms with Crippen molar-refractivity contribution in [3.8, 4) is 0 Å². The molecular formula is C18H29N5O4S. The molecule has 0 bridgehead atoms. The fraction of sp³-hybridized carbons (Fsp3) is 0.556. The molecule has 0 aromatic heterocycles. The number of alkyl carbamates (subject to hydrolysis) is 1. The first kappa shape index (κ1) is 23.7. The maximum absolute atomic E-state index is 11.6. The van der Waals surface area contributed by atoms with Crippen molar-refractivity contribution in [3.05, 3.63) is 28.3 Å². The molecule has 1 amide bonds. The summed E-state index contributed by atoms with van der Waals surface area (Å²) in [5.41, 5.74) is 0.0448. The standard InChI is InChI=1S/C18H29N5O4S/c1-5-12-28-14-8-9-15(16(13-14)23(25)26)20-17(21-18(24)27-4)19-10-11-22(6-2)7-3/h8-9,13H,5-7,10-12H2,1-4H3,(H2,19,20,21,24). The van der Waals surface area contributed by atoms with Gasteiger partial charge in [0.1, 0.15) is 5.69 Å². The summed E-state index contributed by atoms with van der Waals surface area (Å²) < 4.78 is 4.61. The lowest BCUT2D eigenvalue weighted by Crippen LogP contribution is -2.43. The maximum atomic E-state index is 11.6. The Morgan fingerprint density at radius 3 is 2.61 bits per heavy atom. The van der Waals surface area contributed by atoms with Crippen molar-refractivity contribution in [2.24, 2.45) is 4.99 Å². The third kappa shape index (κ3) is 8.13. The van der Waals surface area contributed by atoms with Crippen LogP contribution in [-0.4, -0.2) is 60.9 Å². The molecule has 0 radical (unpaired) electrons. The number of nitro benzene ring substituents is 1. The summed E-state index contributed by atoms with van der Waals surface area (Å²) in [4.78, 5) is 29.9. The van der Waals surface area contributed by atoms with Crippen LogP contribution in [0.25, 0.3) is 0 Å². The fourth-order valence-electron chi connectivity index (χ4n) is 2.31. The highest BCUT2D eigenvalue weighted by Crippen LogP contribution is 2.32. The number of aliphatic imine (C=N–C) groups is 1. The summed E-state index contributed by atoms with van der Waals surface area (Å²) in [6, 6.07) is 4.88. The Morgan fingerprint density at radius 1 is 1.32 bits per heavy atom. The predicted molar refractivity (Wildman–Crippen MR) is 113 cm³/mol. The van der Waals surface area contributed by atoms with Crippen LogP contribution in [0.3, 0.4) is 0 Å². The Hall–Kier alpha value is -2.33. The van der Waals surface area contributed by atoms with E-state index >= 15 is 0 Å². The summed E-state index contributed by atoms with van der Waals surface area (Å²) >= 11 is 1.55. The molecule has 0 saturated heterocycles. The van der Waals surface area contributed by atoms with Gasteiger partial charge in [0.2, 0.25) is 5.96 Å². The minimum absolute atomic E-state index is 0.107. The predicted octanol–water partition coefficient (Wildman–Crippen LogP) is 3.37. The van der Waals surface area contributed by atoms with Crippen molar-refractivity contribution < 1.29 is 14.5 Å². The molecule has 0 aliphatic rings. The molecule has 0 saturated carbocycles. The highest BCUT2D eigenvalue weighted by atomic mass is 32.2. The third-order valence-corrected chi connectivity index (χ3v) is 5.07. The van der Waals surface area contributed by atoms with E-state index in [0.717, 1.165) is 36.7 Å². The molecule has 28 heavy (non-hydrogen) atoms. The van der Waals surface area contributed by atoms with Gasteiger partial charge in [-0.2, -0.15) is 0 Å². The largest absolute Gasteiger partial charge is 0.453 e. The second-order valence-electron chi connectivity index (χ2n) is 5.79. The number of nitro groups is 1. The lowest BCUT2D eigenvalue weighted by molar-refractivity contribution is -0.384. The lowest BCUT2D eigenvalue weighted by Gasteiger charge is -2.19. The van der Waals surface area contributed by atoms with Crippen molar-refractivity contribution in [1.29, 1.82) is 0 Å². The van der Waals surface area contributed by atoms with Crippen LogP contribution in [0.2, 0.25) is 0 Å². The minimum atomic E-state index is -0.702. The van der Waals surface area contributed by atoms with Gasteiger partial charge in [0.15, 0.2) is 0 Å². The Labute approximate surface area is 170 Å². The Bertz CT molecular complexity index is 680. The highest BCUT2D eigenvalue weighted by molar-refractivity contribution is 7.99. The molecule has 0 aliphatic carbocycles. The number of ether oxygens (including phenoxy) is 1. The van der Waals surface area contributed by atoms with Gasteiger partial charge in [-0.3, -0.25) is 15.4 Å². The molecule has 156 valence electrons. The van der Waals surface area contributed by atoms with Gasteiger partial charge >= 0.3 is 6.09 Å². The second kappa shape index (κ2) is 12.9. The molecule has 0 atom stereocenters. The summed E-state index contributed by atoms with van der Waals surface area (Å²) in [5, 5.41) is 17.0. The van der Waals surface area contributed by atoms with E-state index in [1.165, 1.54) is 13.2 Å². The van der Waals surface area contributed by atoms with E-state index in [1.54, 1.807) is 23.9 Å². The first-order chi connectivity index (χ1) is 13.4. The van der Waals surface area contributed by atoms with Crippen molar-refractivity contribution >= 4 is 35.2 Å². The molecule has 2 N–H and O–H groups in total. The van der Waals surface area contributed by atoms with E-state index in [1.807, 2.05) is 0 Å². The molecule has 0 heterocycles. The number of hydrogen-bond donors (Lipinski definition) is 2. The summed E-state index contributed by atoms with van der Waals surface area (Å²) in [5.74, 6) is 0.984. The quantitative estimate of drug-likeness (QED) is 0.200. The molecule has 10 heteroatoms. The summed E-state index contributed by atoms with van der Waals surface area (Å²) in [7, 11) is 1.24. The zero-order valence-corrected chi connectivity index (χ0v) is 17.7. The normalized spacial score (nSPS) is 11.4. The van der Waals surface area contributed by atoms with Crippen LogP contribution in [0, 0.1) is 10.1 Å². The van der Waals surface area contributed by atoms with Gasteiger partial charge in [0.25, 0.3) is 5.69 Å². The number of hydrogen-bond acceptors (Lipinski definition) is 7. The van der Waals surface area contributed by atoms with Crippen LogP contribution >= 0.6 is 11.8 Å². The van der Waals surface area contributed by atoms with Crippen LogP contribution in [0.1, 0.15) is 27.2 Å². The van der Waals surface area contributed by atoms with Gasteiger partial charge in [0.05, 0.1) is 12.0 Å². The Morgan fingerprint density at radius 2 is 2.04 bits per heavy atom. The first-order valence-corrected chi connectivity index (χ1v) is 10.2. The zero-order valence-electron chi connectivity index (χ0n) is 16.9. The lowest BCUT2D eigenvalue weighted by atomic mass is 10.3. The zero-order chi connectivity index (χ0) is 20.9. The van der Waals surface area contributed by atoms with E-state index in [9.17, 15) is 14.9 Å². The van der Waals surface area contributed by atoms with Crippen LogP contribution in [0.5, 0.6) is 0 Å². The molecule has 1 aromatic rings. The molecule has 0 spiro atoms. The molecule has 1 rings (SSSR count). The van der Waals surface area contributed by atoms with Gasteiger partial charge in [-0.05, 0) is 37.4 Å². The van der Waals surface area contributed by atoms with E-state index in [0.29, 0.717) is 6.54 Å². The van der Waals surface area contributed by atoms with Crippen LogP contribution < -0.4 is 10.6 Å². The Balaban J connectivity index is 3.06. The number of nitrogens with one attached hydrogen (secondary N) is 2. The number of nitrogens with zero attached hydrogens (tertiary/aromatic N) is 3. The number of guanidine groups is 1. The van der Waals surface area contributed by atoms with Crippen molar-refractivity contribution in [2.75, 3.05) is 39.0 Å². The van der Waals surface area contributed by atoms with Crippen LogP contribution in [-0.2, 0) is 4.74 Å². The van der Waals surface area contributed by atoms with Gasteiger partial charge < -0.3 is 15.0 Å². The van der Waals surface area contributed by atoms with Crippen LogP contribution in [0.15, 0.2) is 28.1 Å². The molecule has 9 nitrogen and oxygen atoms in total. The molecule has 0 unspecified atom stereocenters. The second-order valence-corrected chi connectivity index (χ2v) is 6.96. The van der Waals surface area contributed by atoms with E-state index in [-0.39, 0.29) is 17.3 Å². The smallest absolute Gasteiger partial charge is 0.413 e. The number of carbonyl (C=O) groups is 1. The van der Waals surface area contributed by atoms with Gasteiger partial charge in [0, 0.05) is 24.1 Å².